The Kier molecular flexibility index (Phi) is 4.50. The predicted molar refractivity (Wildman–Crippen MR) is 78.4 cm³/mol. The van der Waals surface area contributed by atoms with Crippen LogP contribution in [0.4, 0.5) is 4.39 Å². The number of alkyl halides is 1. The third-order valence-corrected chi connectivity index (χ3v) is 3.61. The van der Waals surface area contributed by atoms with Gasteiger partial charge in [-0.3, -0.25) is 0 Å². The van der Waals surface area contributed by atoms with Crippen LogP contribution < -0.4 is 9.47 Å². The van der Waals surface area contributed by atoms with E-state index in [1.54, 1.807) is 44.6 Å². The number of aryl methyl sites for hydroxylation is 1. The minimum Gasteiger partial charge on any atom is -0.493 e. The Morgan fingerprint density at radius 2 is 1.70 bits per heavy atom. The first-order chi connectivity index (χ1) is 9.56. The third-order valence-electron chi connectivity index (χ3n) is 3.12. The number of hydrogen-bond donors (Lipinski definition) is 0. The van der Waals surface area contributed by atoms with Crippen LogP contribution in [0.3, 0.4) is 0 Å². The predicted octanol–water partition coefficient (Wildman–Crippen LogP) is 4.48. The van der Waals surface area contributed by atoms with E-state index in [0.29, 0.717) is 17.1 Å². The van der Waals surface area contributed by atoms with Crippen molar-refractivity contribution in [2.75, 3.05) is 14.2 Å². The fourth-order valence-corrected chi connectivity index (χ4v) is 2.35. The molecule has 0 radical (unpaired) electrons. The maximum Gasteiger partial charge on any atom is 0.161 e. The largest absolute Gasteiger partial charge is 0.493 e. The van der Waals surface area contributed by atoms with Crippen LogP contribution in [0.2, 0.25) is 0 Å². The van der Waals surface area contributed by atoms with Crippen LogP contribution in [0.25, 0.3) is 0 Å². The summed E-state index contributed by atoms with van der Waals surface area (Å²) in [4.78, 5) is 0. The number of rotatable bonds is 4. The van der Waals surface area contributed by atoms with Gasteiger partial charge in [-0.05, 0) is 30.7 Å². The molecule has 2 nitrogen and oxygen atoms in total. The Morgan fingerprint density at radius 3 is 2.35 bits per heavy atom. The fraction of sp³-hybridized carbons (Fsp3) is 0.250. The lowest BCUT2D eigenvalue weighted by molar-refractivity contribution is 0.354. The normalized spacial score (nSPS) is 12.1. The van der Waals surface area contributed by atoms with Gasteiger partial charge in [0.15, 0.2) is 11.5 Å². The first-order valence-electron chi connectivity index (χ1n) is 6.19. The minimum atomic E-state index is -0.574. The van der Waals surface area contributed by atoms with Gasteiger partial charge in [0.25, 0.3) is 0 Å². The molecule has 2 aromatic rings. The maximum absolute atomic E-state index is 13.9. The van der Waals surface area contributed by atoms with Crippen LogP contribution in [0.5, 0.6) is 11.5 Å². The Morgan fingerprint density at radius 1 is 1.00 bits per heavy atom. The van der Waals surface area contributed by atoms with Crippen molar-refractivity contribution in [2.24, 2.45) is 0 Å². The molecule has 0 aromatic heterocycles. The molecule has 0 saturated carbocycles. The second kappa shape index (κ2) is 6.14. The van der Waals surface area contributed by atoms with Crippen molar-refractivity contribution >= 4 is 11.6 Å². The Labute approximate surface area is 123 Å². The van der Waals surface area contributed by atoms with Crippen molar-refractivity contribution in [1.82, 2.24) is 0 Å². The molecule has 0 amide bonds. The molecule has 1 unspecified atom stereocenters. The number of hydrogen-bond acceptors (Lipinski definition) is 2. The zero-order valence-corrected chi connectivity index (χ0v) is 12.4. The van der Waals surface area contributed by atoms with Gasteiger partial charge in [0, 0.05) is 5.56 Å². The van der Waals surface area contributed by atoms with E-state index in [1.807, 2.05) is 6.92 Å². The molecule has 4 heteroatoms. The molecule has 0 aliphatic rings. The summed E-state index contributed by atoms with van der Waals surface area (Å²) >= 11 is 6.40. The number of benzene rings is 2. The highest BCUT2D eigenvalue weighted by Crippen LogP contribution is 2.36. The summed E-state index contributed by atoms with van der Waals surface area (Å²) in [5.74, 6) is 0.874. The van der Waals surface area contributed by atoms with Crippen molar-refractivity contribution in [1.29, 1.82) is 0 Å². The SMILES string of the molecule is COc1ccc(C(Cl)c2cc(C)ccc2F)cc1OC. The van der Waals surface area contributed by atoms with Gasteiger partial charge >= 0.3 is 0 Å². The van der Waals surface area contributed by atoms with Crippen molar-refractivity contribution < 1.29 is 13.9 Å². The quantitative estimate of drug-likeness (QED) is 0.774. The molecular weight excluding hydrogens is 279 g/mol. The van der Waals surface area contributed by atoms with E-state index in [4.69, 9.17) is 21.1 Å². The zero-order chi connectivity index (χ0) is 14.7. The molecule has 0 heterocycles. The summed E-state index contributed by atoms with van der Waals surface area (Å²) < 4.78 is 24.3. The molecule has 0 bridgehead atoms. The molecule has 106 valence electrons. The summed E-state index contributed by atoms with van der Waals surface area (Å²) in [6, 6.07) is 10.2. The molecule has 20 heavy (non-hydrogen) atoms. The first-order valence-corrected chi connectivity index (χ1v) is 6.62. The van der Waals surface area contributed by atoms with Crippen LogP contribution in [-0.2, 0) is 0 Å². The van der Waals surface area contributed by atoms with Crippen LogP contribution in [-0.4, -0.2) is 14.2 Å². The number of ether oxygens (including phenoxy) is 2. The van der Waals surface area contributed by atoms with Gasteiger partial charge in [-0.15, -0.1) is 11.6 Å². The Balaban J connectivity index is 2.42. The summed E-state index contributed by atoms with van der Waals surface area (Å²) in [5.41, 5.74) is 2.18. The van der Waals surface area contributed by atoms with E-state index in [0.717, 1.165) is 11.1 Å². The highest BCUT2D eigenvalue weighted by Gasteiger charge is 2.17. The molecule has 0 N–H and O–H groups in total. The van der Waals surface area contributed by atoms with Gasteiger partial charge in [0.2, 0.25) is 0 Å². The summed E-state index contributed by atoms with van der Waals surface area (Å²) in [5, 5.41) is -0.574. The maximum atomic E-state index is 13.9. The van der Waals surface area contributed by atoms with Gasteiger partial charge in [0.05, 0.1) is 19.6 Å². The summed E-state index contributed by atoms with van der Waals surface area (Å²) in [6.45, 7) is 1.90. The average molecular weight is 295 g/mol. The van der Waals surface area contributed by atoms with E-state index in [2.05, 4.69) is 0 Å². The lowest BCUT2D eigenvalue weighted by Crippen LogP contribution is -1.99. The lowest BCUT2D eigenvalue weighted by Gasteiger charge is -2.15. The van der Waals surface area contributed by atoms with Crippen molar-refractivity contribution in [3.8, 4) is 11.5 Å². The van der Waals surface area contributed by atoms with Crippen molar-refractivity contribution in [3.05, 3.63) is 58.9 Å². The van der Waals surface area contributed by atoms with E-state index >= 15 is 0 Å². The average Bonchev–Trinajstić information content (AvgIpc) is 2.48. The standard InChI is InChI=1S/C16H16ClFO2/c1-10-4-6-13(18)12(8-10)16(17)11-5-7-14(19-2)15(9-11)20-3/h4-9,16H,1-3H3. The monoisotopic (exact) mass is 294 g/mol. The fourth-order valence-electron chi connectivity index (χ4n) is 2.05. The van der Waals surface area contributed by atoms with E-state index in [-0.39, 0.29) is 5.82 Å². The van der Waals surface area contributed by atoms with Crippen LogP contribution in [0, 0.1) is 12.7 Å². The second-order valence-electron chi connectivity index (χ2n) is 4.50. The highest BCUT2D eigenvalue weighted by atomic mass is 35.5. The summed E-state index contributed by atoms with van der Waals surface area (Å²) in [7, 11) is 3.12. The van der Waals surface area contributed by atoms with Gasteiger partial charge in [-0.1, -0.05) is 23.8 Å². The van der Waals surface area contributed by atoms with E-state index in [9.17, 15) is 4.39 Å². The molecule has 0 saturated heterocycles. The van der Waals surface area contributed by atoms with Crippen molar-refractivity contribution in [3.63, 3.8) is 0 Å². The van der Waals surface area contributed by atoms with Gasteiger partial charge < -0.3 is 9.47 Å². The molecular formula is C16H16ClFO2. The van der Waals surface area contributed by atoms with Gasteiger partial charge in [0.1, 0.15) is 5.82 Å². The van der Waals surface area contributed by atoms with Gasteiger partial charge in [-0.25, -0.2) is 4.39 Å². The summed E-state index contributed by atoms with van der Waals surface area (Å²) in [6.07, 6.45) is 0. The lowest BCUT2D eigenvalue weighted by atomic mass is 10.0. The molecule has 1 atom stereocenters. The van der Waals surface area contributed by atoms with Crippen LogP contribution >= 0.6 is 11.6 Å². The topological polar surface area (TPSA) is 18.5 Å². The third kappa shape index (κ3) is 2.88. The Hall–Kier alpha value is -1.74. The van der Waals surface area contributed by atoms with Gasteiger partial charge in [-0.2, -0.15) is 0 Å². The smallest absolute Gasteiger partial charge is 0.161 e. The van der Waals surface area contributed by atoms with Crippen LogP contribution in [0.1, 0.15) is 22.1 Å². The molecule has 0 aliphatic carbocycles. The number of methoxy groups -OCH3 is 2. The van der Waals surface area contributed by atoms with E-state index in [1.165, 1.54) is 6.07 Å². The minimum absolute atomic E-state index is 0.314. The zero-order valence-electron chi connectivity index (χ0n) is 11.6. The van der Waals surface area contributed by atoms with Crippen LogP contribution in [0.15, 0.2) is 36.4 Å². The molecule has 0 fully saturated rings. The highest BCUT2D eigenvalue weighted by molar-refractivity contribution is 6.22. The van der Waals surface area contributed by atoms with Crippen molar-refractivity contribution in [2.45, 2.75) is 12.3 Å². The molecule has 2 rings (SSSR count). The van der Waals surface area contributed by atoms with E-state index < -0.39 is 5.38 Å². The first kappa shape index (κ1) is 14.7. The molecule has 2 aromatic carbocycles. The number of halogens is 2. The second-order valence-corrected chi connectivity index (χ2v) is 4.94. The molecule has 0 aliphatic heterocycles. The Bertz CT molecular complexity index is 613. The molecule has 0 spiro atoms.